The number of hydrogen-bond acceptors (Lipinski definition) is 8. The van der Waals surface area contributed by atoms with Gasteiger partial charge in [-0.05, 0) is 73.1 Å². The Morgan fingerprint density at radius 3 is 2.56 bits per heavy atom. The zero-order valence-corrected chi connectivity index (χ0v) is 25.5. The number of rotatable bonds is 6. The molecule has 3 aromatic rings. The number of aromatic nitrogens is 5. The molecule has 0 N–H and O–H groups in total. The van der Waals surface area contributed by atoms with Gasteiger partial charge in [-0.15, -0.1) is 10.2 Å². The molecule has 0 bridgehead atoms. The van der Waals surface area contributed by atoms with Crippen LogP contribution in [0, 0.1) is 0 Å². The molecule has 2 aliphatic rings. The van der Waals surface area contributed by atoms with E-state index in [1.54, 1.807) is 11.9 Å². The maximum absolute atomic E-state index is 13.9. The first kappa shape index (κ1) is 28.5. The van der Waals surface area contributed by atoms with E-state index in [2.05, 4.69) is 42.5 Å². The molecule has 5 rings (SSSR count). The zero-order chi connectivity index (χ0) is 29.9. The Kier molecular flexibility index (Phi) is 7.03. The lowest BCUT2D eigenvalue weighted by atomic mass is 10.0. The molecule has 5 heterocycles. The third-order valence-electron chi connectivity index (χ3n) is 7.75. The van der Waals surface area contributed by atoms with Gasteiger partial charge in [-0.1, -0.05) is 6.07 Å². The van der Waals surface area contributed by atoms with Gasteiger partial charge >= 0.3 is 6.09 Å². The molecule has 41 heavy (non-hydrogen) atoms. The van der Waals surface area contributed by atoms with Crippen LogP contribution >= 0.6 is 0 Å². The molecule has 0 aromatic carbocycles. The van der Waals surface area contributed by atoms with Gasteiger partial charge in [0.2, 0.25) is 0 Å². The highest BCUT2D eigenvalue weighted by Crippen LogP contribution is 2.36. The number of hydrogen-bond donors (Lipinski definition) is 0. The number of anilines is 2. The van der Waals surface area contributed by atoms with Gasteiger partial charge in [0.15, 0.2) is 5.82 Å². The predicted molar refractivity (Wildman–Crippen MR) is 157 cm³/mol. The van der Waals surface area contributed by atoms with Crippen LogP contribution in [0.5, 0.6) is 0 Å². The van der Waals surface area contributed by atoms with Crippen LogP contribution in [0.15, 0.2) is 24.3 Å². The number of ether oxygens (including phenoxy) is 1. The quantitative estimate of drug-likeness (QED) is 0.423. The van der Waals surface area contributed by atoms with E-state index in [0.717, 1.165) is 24.2 Å². The summed E-state index contributed by atoms with van der Waals surface area (Å²) in [7, 11) is 3.63. The summed E-state index contributed by atoms with van der Waals surface area (Å²) in [6, 6.07) is 7.64. The van der Waals surface area contributed by atoms with Crippen molar-refractivity contribution in [3.05, 3.63) is 46.9 Å². The van der Waals surface area contributed by atoms with Crippen molar-refractivity contribution in [3.8, 4) is 11.5 Å². The normalized spacial score (nSPS) is 15.8. The number of fused-ring (bicyclic) bond motifs is 2. The van der Waals surface area contributed by atoms with Crippen molar-refractivity contribution in [1.29, 1.82) is 0 Å². The maximum Gasteiger partial charge on any atom is 0.410 e. The highest BCUT2D eigenvalue weighted by Gasteiger charge is 2.36. The largest absolute Gasteiger partial charge is 0.444 e. The molecule has 0 saturated carbocycles. The summed E-state index contributed by atoms with van der Waals surface area (Å²) < 4.78 is 7.72. The summed E-state index contributed by atoms with van der Waals surface area (Å²) >= 11 is 0. The molecule has 2 aliphatic heterocycles. The second-order valence-electron chi connectivity index (χ2n) is 12.9. The van der Waals surface area contributed by atoms with Gasteiger partial charge in [-0.2, -0.15) is 0 Å². The van der Waals surface area contributed by atoms with Crippen LogP contribution in [-0.4, -0.2) is 67.4 Å². The predicted octanol–water partition coefficient (Wildman–Crippen LogP) is 4.79. The number of nitrogens with zero attached hydrogens (tertiary/aromatic N) is 8. The molecule has 0 spiro atoms. The fourth-order valence-electron chi connectivity index (χ4n) is 5.25. The van der Waals surface area contributed by atoms with Crippen LogP contribution in [0.2, 0.25) is 0 Å². The fraction of sp³-hybridized carbons (Fsp3) is 0.533. The molecule has 11 nitrogen and oxygen atoms in total. The molecule has 0 radical (unpaired) electrons. The number of amides is 2. The van der Waals surface area contributed by atoms with Gasteiger partial charge in [-0.25, -0.2) is 14.8 Å². The first-order valence-electron chi connectivity index (χ1n) is 14.1. The van der Waals surface area contributed by atoms with Gasteiger partial charge in [0.25, 0.3) is 5.91 Å². The minimum absolute atomic E-state index is 0.106. The van der Waals surface area contributed by atoms with Crippen LogP contribution in [0.1, 0.15) is 82.3 Å². The van der Waals surface area contributed by atoms with Crippen molar-refractivity contribution in [2.24, 2.45) is 0 Å². The number of pyridine rings is 2. The van der Waals surface area contributed by atoms with Crippen molar-refractivity contribution in [2.45, 2.75) is 91.6 Å². The van der Waals surface area contributed by atoms with Gasteiger partial charge in [0.1, 0.15) is 28.8 Å². The molecule has 218 valence electrons. The lowest BCUT2D eigenvalue weighted by Crippen LogP contribution is -2.34. The van der Waals surface area contributed by atoms with E-state index >= 15 is 0 Å². The van der Waals surface area contributed by atoms with E-state index in [-0.39, 0.29) is 24.0 Å². The first-order chi connectivity index (χ1) is 19.2. The Morgan fingerprint density at radius 2 is 1.88 bits per heavy atom. The fourth-order valence-corrected chi connectivity index (χ4v) is 5.25. The first-order valence-corrected chi connectivity index (χ1v) is 14.1. The molecule has 0 fully saturated rings. The van der Waals surface area contributed by atoms with E-state index < -0.39 is 11.7 Å². The van der Waals surface area contributed by atoms with Crippen molar-refractivity contribution >= 4 is 23.6 Å². The Hall–Kier alpha value is -4.02. The maximum atomic E-state index is 13.9. The molecule has 0 aliphatic carbocycles. The minimum Gasteiger partial charge on any atom is -0.444 e. The topological polar surface area (TPSA) is 110 Å². The molecule has 0 unspecified atom stereocenters. The van der Waals surface area contributed by atoms with Crippen LogP contribution < -0.4 is 9.80 Å². The summed E-state index contributed by atoms with van der Waals surface area (Å²) in [5.74, 6) is 2.70. The van der Waals surface area contributed by atoms with Crippen molar-refractivity contribution in [3.63, 3.8) is 0 Å². The Morgan fingerprint density at radius 1 is 1.15 bits per heavy atom. The van der Waals surface area contributed by atoms with E-state index in [1.807, 2.05) is 57.0 Å². The van der Waals surface area contributed by atoms with Crippen molar-refractivity contribution < 1.29 is 14.3 Å². The highest BCUT2D eigenvalue weighted by atomic mass is 16.6. The Bertz CT molecular complexity index is 1500. The number of carbonyl (C=O) groups excluding carboxylic acids is 2. The average molecular weight is 561 g/mol. The van der Waals surface area contributed by atoms with E-state index in [4.69, 9.17) is 14.7 Å². The molecule has 2 amide bonds. The molecule has 0 atom stereocenters. The lowest BCUT2D eigenvalue weighted by Gasteiger charge is -2.26. The van der Waals surface area contributed by atoms with Crippen LogP contribution in [0.25, 0.3) is 11.5 Å². The smallest absolute Gasteiger partial charge is 0.410 e. The molecular formula is C30H40N8O3. The highest BCUT2D eigenvalue weighted by molar-refractivity contribution is 6.10. The summed E-state index contributed by atoms with van der Waals surface area (Å²) in [6.07, 6.45) is 1.42. The van der Waals surface area contributed by atoms with Crippen molar-refractivity contribution in [1.82, 2.24) is 29.6 Å². The van der Waals surface area contributed by atoms with E-state index in [9.17, 15) is 9.59 Å². The molecule has 3 aromatic heterocycles. The standard InChI is InChI=1S/C30H40N8O3/c1-18(2)36(9)25-15-19-20(22(32-25)17-35(8)28(40)41-29(3,4)5)16-37(27(19)39)23-12-10-11-21(31-23)26-34-33-24-13-14-30(6,7)38(24)26/h10-12,15,18H,13-14,16-17H2,1-9H3. The third-order valence-corrected chi connectivity index (χ3v) is 7.75. The molecule has 11 heteroatoms. The summed E-state index contributed by atoms with van der Waals surface area (Å²) in [5.41, 5.74) is 1.94. The Labute approximate surface area is 241 Å². The minimum atomic E-state index is -0.621. The summed E-state index contributed by atoms with van der Waals surface area (Å²) in [6.45, 7) is 14.5. The second-order valence-corrected chi connectivity index (χ2v) is 12.9. The SMILES string of the molecule is CC(C)N(C)c1cc2c(c(CN(C)C(=O)OC(C)(C)C)n1)CN(c1cccc(-c3nnc4n3C(C)(C)CC4)n1)C2=O. The second kappa shape index (κ2) is 10.1. The van der Waals surface area contributed by atoms with Crippen molar-refractivity contribution in [2.75, 3.05) is 23.9 Å². The van der Waals surface area contributed by atoms with Crippen LogP contribution in [-0.2, 0) is 29.8 Å². The van der Waals surface area contributed by atoms with Gasteiger partial charge in [0.05, 0.1) is 24.3 Å². The summed E-state index contributed by atoms with van der Waals surface area (Å²) in [4.78, 5) is 41.6. The average Bonchev–Trinajstić information content (AvgIpc) is 3.56. The zero-order valence-electron chi connectivity index (χ0n) is 25.5. The summed E-state index contributed by atoms with van der Waals surface area (Å²) in [5, 5.41) is 8.84. The Balaban J connectivity index is 1.50. The van der Waals surface area contributed by atoms with Gasteiger partial charge < -0.3 is 19.1 Å². The van der Waals surface area contributed by atoms with Gasteiger partial charge in [-0.3, -0.25) is 9.69 Å². The van der Waals surface area contributed by atoms with Gasteiger partial charge in [0, 0.05) is 37.7 Å². The van der Waals surface area contributed by atoms with E-state index in [1.165, 1.54) is 4.90 Å². The molecular weight excluding hydrogens is 520 g/mol. The number of carbonyl (C=O) groups is 2. The van der Waals surface area contributed by atoms with Crippen LogP contribution in [0.3, 0.4) is 0 Å². The lowest BCUT2D eigenvalue weighted by molar-refractivity contribution is 0.0282. The number of aryl methyl sites for hydroxylation is 1. The third kappa shape index (κ3) is 5.37. The van der Waals surface area contributed by atoms with E-state index in [0.29, 0.717) is 41.0 Å². The molecule has 0 saturated heterocycles. The monoisotopic (exact) mass is 560 g/mol. The van der Waals surface area contributed by atoms with Crippen LogP contribution in [0.4, 0.5) is 16.4 Å².